The van der Waals surface area contributed by atoms with E-state index < -0.39 is 11.6 Å². The van der Waals surface area contributed by atoms with Crippen molar-refractivity contribution in [2.24, 2.45) is 40.4 Å². The van der Waals surface area contributed by atoms with Gasteiger partial charge in [0.1, 0.15) is 0 Å². The molecule has 208 valence electrons. The molecule has 2 aromatic carbocycles. The number of aliphatic hydroxyl groups is 1. The fourth-order valence-corrected chi connectivity index (χ4v) is 9.90. The molecule has 6 rings (SSSR count). The second kappa shape index (κ2) is 9.91. The number of carboxylic acid groups (broad SMARTS) is 1. The molecule has 8 atom stereocenters. The van der Waals surface area contributed by atoms with Crippen molar-refractivity contribution in [3.8, 4) is 11.1 Å². The third-order valence-electron chi connectivity index (χ3n) is 12.2. The van der Waals surface area contributed by atoms with Crippen molar-refractivity contribution in [1.82, 2.24) is 0 Å². The van der Waals surface area contributed by atoms with E-state index >= 15 is 0 Å². The smallest absolute Gasteiger partial charge is 0.303 e. The number of hydrogen-bond donors (Lipinski definition) is 2. The average molecular weight is 527 g/mol. The van der Waals surface area contributed by atoms with Crippen molar-refractivity contribution in [2.75, 3.05) is 0 Å². The minimum atomic E-state index is -0.744. The lowest BCUT2D eigenvalue weighted by Gasteiger charge is -2.59. The van der Waals surface area contributed by atoms with Crippen LogP contribution < -0.4 is 0 Å². The summed E-state index contributed by atoms with van der Waals surface area (Å²) in [6, 6.07) is 19.1. The zero-order valence-electron chi connectivity index (χ0n) is 24.0. The number of hydrogen-bond acceptors (Lipinski definition) is 2. The molecular weight excluding hydrogens is 480 g/mol. The van der Waals surface area contributed by atoms with Crippen LogP contribution in [0.4, 0.5) is 0 Å². The highest BCUT2D eigenvalue weighted by molar-refractivity contribution is 5.66. The van der Waals surface area contributed by atoms with E-state index in [0.717, 1.165) is 37.7 Å². The molecule has 4 aliphatic carbocycles. The van der Waals surface area contributed by atoms with E-state index in [2.05, 4.69) is 75.4 Å². The molecule has 39 heavy (non-hydrogen) atoms. The van der Waals surface area contributed by atoms with Crippen molar-refractivity contribution in [1.29, 1.82) is 0 Å². The van der Waals surface area contributed by atoms with Crippen molar-refractivity contribution in [3.63, 3.8) is 0 Å². The Morgan fingerprint density at radius 1 is 0.897 bits per heavy atom. The molecule has 0 bridgehead atoms. The molecule has 3 heteroatoms. The monoisotopic (exact) mass is 526 g/mol. The van der Waals surface area contributed by atoms with Gasteiger partial charge in [0, 0.05) is 6.42 Å². The molecule has 3 nitrogen and oxygen atoms in total. The summed E-state index contributed by atoms with van der Waals surface area (Å²) in [5.41, 5.74) is 5.04. The molecule has 0 unspecified atom stereocenters. The number of aliphatic carboxylic acids is 1. The van der Waals surface area contributed by atoms with E-state index in [9.17, 15) is 15.0 Å². The number of allylic oxidation sites excluding steroid dienone is 2. The number of rotatable bonds is 6. The van der Waals surface area contributed by atoms with Gasteiger partial charge in [0.2, 0.25) is 0 Å². The first-order valence-electron chi connectivity index (χ1n) is 15.4. The molecule has 0 saturated heterocycles. The van der Waals surface area contributed by atoms with Gasteiger partial charge in [-0.2, -0.15) is 0 Å². The van der Waals surface area contributed by atoms with Crippen LogP contribution in [0, 0.1) is 40.4 Å². The van der Waals surface area contributed by atoms with Crippen molar-refractivity contribution in [3.05, 3.63) is 71.8 Å². The Hall–Kier alpha value is -2.39. The van der Waals surface area contributed by atoms with Gasteiger partial charge in [-0.3, -0.25) is 4.79 Å². The van der Waals surface area contributed by atoms with Crippen molar-refractivity contribution < 1.29 is 15.0 Å². The highest BCUT2D eigenvalue weighted by Gasteiger charge is 2.59. The first-order chi connectivity index (χ1) is 18.6. The fourth-order valence-electron chi connectivity index (χ4n) is 9.90. The predicted molar refractivity (Wildman–Crippen MR) is 157 cm³/mol. The third kappa shape index (κ3) is 4.49. The standard InChI is InChI=1S/C36H46O3/c1-24(9-18-33(37)38)30-16-17-31-29-15-14-28-23-36(39,22-21-34(28,2)32(29)19-20-35(30,31)3)27-12-10-26(11-13-27)25-7-5-4-6-8-25/h4-8,10-13,15,24,28,30-32,39H,9,14,16-23H2,1-3H3,(H,37,38)/t24-,28-,30-,31+,32+,34+,35-,36+/m1/s1. The van der Waals surface area contributed by atoms with Crippen molar-refractivity contribution in [2.45, 2.75) is 90.6 Å². The Kier molecular flexibility index (Phi) is 6.81. The lowest BCUT2D eigenvalue weighted by atomic mass is 9.46. The molecule has 0 aliphatic heterocycles. The lowest BCUT2D eigenvalue weighted by molar-refractivity contribution is -0.137. The van der Waals surface area contributed by atoms with Crippen LogP contribution in [0.15, 0.2) is 66.2 Å². The molecule has 0 aromatic heterocycles. The normalized spacial score (nSPS) is 38.2. The summed E-state index contributed by atoms with van der Waals surface area (Å²) in [5.74, 6) is 2.23. The van der Waals surface area contributed by atoms with Crippen LogP contribution in [0.25, 0.3) is 11.1 Å². The molecule has 4 aliphatic rings. The largest absolute Gasteiger partial charge is 0.481 e. The molecule has 0 heterocycles. The molecule has 2 N–H and O–H groups in total. The fraction of sp³-hybridized carbons (Fsp3) is 0.583. The van der Waals surface area contributed by atoms with Gasteiger partial charge >= 0.3 is 5.97 Å². The van der Waals surface area contributed by atoms with Crippen LogP contribution in [0.2, 0.25) is 0 Å². The van der Waals surface area contributed by atoms with Gasteiger partial charge in [-0.15, -0.1) is 0 Å². The van der Waals surface area contributed by atoms with Gasteiger partial charge in [-0.05, 0) is 115 Å². The lowest BCUT2D eigenvalue weighted by Crippen LogP contribution is -2.51. The van der Waals surface area contributed by atoms with E-state index in [1.54, 1.807) is 5.57 Å². The molecule has 0 amide bonds. The van der Waals surface area contributed by atoms with Gasteiger partial charge in [0.15, 0.2) is 0 Å². The molecule has 0 spiro atoms. The summed E-state index contributed by atoms with van der Waals surface area (Å²) in [5, 5.41) is 21.2. The van der Waals surface area contributed by atoms with E-state index in [4.69, 9.17) is 0 Å². The van der Waals surface area contributed by atoms with Gasteiger partial charge in [0.05, 0.1) is 5.60 Å². The summed E-state index contributed by atoms with van der Waals surface area (Å²) < 4.78 is 0. The van der Waals surface area contributed by atoms with Crippen LogP contribution in [-0.4, -0.2) is 16.2 Å². The van der Waals surface area contributed by atoms with Crippen LogP contribution in [0.3, 0.4) is 0 Å². The Balaban J connectivity index is 1.20. The average Bonchev–Trinajstić information content (AvgIpc) is 3.30. The summed E-state index contributed by atoms with van der Waals surface area (Å²) in [6.07, 6.45) is 12.6. The third-order valence-corrected chi connectivity index (χ3v) is 12.2. The number of carboxylic acids is 1. The van der Waals surface area contributed by atoms with E-state index in [0.29, 0.717) is 41.4 Å². The zero-order chi connectivity index (χ0) is 27.4. The SMILES string of the molecule is C[C@H](CCC(=O)O)[C@H]1CC[C@H]2C3=CC[C@@H]4C[C@](O)(c5ccc(-c6ccccc6)cc5)CC[C@]4(C)[C@H]3CC[C@]12C. The van der Waals surface area contributed by atoms with Gasteiger partial charge in [0.25, 0.3) is 0 Å². The minimum absolute atomic E-state index is 0.259. The van der Waals surface area contributed by atoms with Crippen LogP contribution in [0.5, 0.6) is 0 Å². The molecule has 3 fully saturated rings. The van der Waals surface area contributed by atoms with Gasteiger partial charge in [-0.1, -0.05) is 87.0 Å². The maximum atomic E-state index is 12.0. The van der Waals surface area contributed by atoms with Gasteiger partial charge < -0.3 is 10.2 Å². The Labute approximate surface area is 234 Å². The molecule has 0 radical (unpaired) electrons. The summed E-state index contributed by atoms with van der Waals surface area (Å²) >= 11 is 0. The number of benzene rings is 2. The van der Waals surface area contributed by atoms with E-state index in [-0.39, 0.29) is 5.41 Å². The first-order valence-corrected chi connectivity index (χ1v) is 15.4. The maximum absolute atomic E-state index is 12.0. The molecule has 2 aromatic rings. The zero-order valence-corrected chi connectivity index (χ0v) is 24.0. The van der Waals surface area contributed by atoms with Crippen LogP contribution in [0.1, 0.15) is 90.5 Å². The summed E-state index contributed by atoms with van der Waals surface area (Å²) in [7, 11) is 0. The van der Waals surface area contributed by atoms with Crippen molar-refractivity contribution >= 4 is 5.97 Å². The topological polar surface area (TPSA) is 57.5 Å². The van der Waals surface area contributed by atoms with Crippen LogP contribution >= 0.6 is 0 Å². The Morgan fingerprint density at radius 3 is 2.31 bits per heavy atom. The predicted octanol–water partition coefficient (Wildman–Crippen LogP) is 8.62. The Bertz CT molecular complexity index is 1230. The molecule has 3 saturated carbocycles. The van der Waals surface area contributed by atoms with E-state index in [1.807, 2.05) is 6.07 Å². The second-order valence-corrected chi connectivity index (χ2v) is 14.1. The van der Waals surface area contributed by atoms with Gasteiger partial charge in [-0.25, -0.2) is 0 Å². The first kappa shape index (κ1) is 26.8. The van der Waals surface area contributed by atoms with E-state index in [1.165, 1.54) is 36.8 Å². The highest BCUT2D eigenvalue weighted by Crippen LogP contribution is 2.68. The minimum Gasteiger partial charge on any atom is -0.481 e. The summed E-state index contributed by atoms with van der Waals surface area (Å²) in [4.78, 5) is 11.2. The quantitative estimate of drug-likeness (QED) is 0.370. The highest BCUT2D eigenvalue weighted by atomic mass is 16.4. The maximum Gasteiger partial charge on any atom is 0.303 e. The number of fused-ring (bicyclic) bond motifs is 5. The summed E-state index contributed by atoms with van der Waals surface area (Å²) in [6.45, 7) is 7.36. The number of carbonyl (C=O) groups is 1. The Morgan fingerprint density at radius 2 is 1.59 bits per heavy atom. The second-order valence-electron chi connectivity index (χ2n) is 14.1. The van der Waals surface area contributed by atoms with Crippen LogP contribution in [-0.2, 0) is 10.4 Å². The molecular formula is C36H46O3.